The molecule has 71 heavy (non-hydrogen) atoms. The van der Waals surface area contributed by atoms with E-state index in [1.54, 1.807) is 31.2 Å². The monoisotopic (exact) mass is 1060 g/mol. The fraction of sp³-hybridized carbons (Fsp3) is 0.280. The highest BCUT2D eigenvalue weighted by Crippen LogP contribution is 2.33. The van der Waals surface area contributed by atoms with Gasteiger partial charge in [-0.05, 0) is 143 Å². The predicted molar refractivity (Wildman–Crippen MR) is 279 cm³/mol. The molecule has 0 bridgehead atoms. The number of alkyl halides is 3. The summed E-state index contributed by atoms with van der Waals surface area (Å²) in [5, 5.41) is 26.6. The number of aryl methyl sites for hydroxylation is 2. The standard InChI is InChI=1S/C50H49Cl5N8O8/c1-6-70-43-18-30(14-16-51)8-11-41(43)58-47(66)32-20-34(54)24-37(22-32)60-62-45(28(4)64)49(68)56-36-10-13-40(39(26-36)27(3)53)57-50(69)46(29(5)65)63-61-38-23-33(21-35(55)25-38)48(67)59-42-12-9-31(15-17-52)19-44(42)71-7-2/h8-13,18-27,45-46H,6-7,14-17H2,1-5H3,(H,56,68)(H,57,69)(H,58,66)(H,59,67). The molecule has 0 fully saturated rings. The maximum Gasteiger partial charge on any atom is 0.258 e. The second-order valence-corrected chi connectivity index (χ2v) is 17.8. The summed E-state index contributed by atoms with van der Waals surface area (Å²) < 4.78 is 11.5. The second kappa shape index (κ2) is 26.7. The molecular formula is C50H49Cl5N8O8. The van der Waals surface area contributed by atoms with Crippen LogP contribution >= 0.6 is 58.0 Å². The van der Waals surface area contributed by atoms with Gasteiger partial charge in [-0.25, -0.2) is 0 Å². The first-order valence-electron chi connectivity index (χ1n) is 22.0. The van der Waals surface area contributed by atoms with Crippen molar-refractivity contribution in [1.82, 2.24) is 0 Å². The summed E-state index contributed by atoms with van der Waals surface area (Å²) in [6.45, 7) is 8.29. The van der Waals surface area contributed by atoms with Crippen LogP contribution in [0.1, 0.15) is 77.4 Å². The predicted octanol–water partition coefficient (Wildman–Crippen LogP) is 12.5. The van der Waals surface area contributed by atoms with Crippen LogP contribution in [0.3, 0.4) is 0 Å². The fourth-order valence-electron chi connectivity index (χ4n) is 6.71. The molecule has 16 nitrogen and oxygen atoms in total. The maximum atomic E-state index is 13.6. The van der Waals surface area contributed by atoms with Gasteiger partial charge in [0, 0.05) is 44.3 Å². The Bertz CT molecular complexity index is 2860. The Kier molecular flexibility index (Phi) is 20.9. The number of amides is 4. The molecule has 5 aromatic rings. The molecule has 0 saturated heterocycles. The highest BCUT2D eigenvalue weighted by molar-refractivity contribution is 6.32. The number of carbonyl (C=O) groups excluding carboxylic acids is 6. The summed E-state index contributed by atoms with van der Waals surface area (Å²) in [4.78, 5) is 79.3. The quantitative estimate of drug-likeness (QED) is 0.0279. The van der Waals surface area contributed by atoms with Crippen molar-refractivity contribution < 1.29 is 38.2 Å². The van der Waals surface area contributed by atoms with Crippen LogP contribution in [0.15, 0.2) is 111 Å². The summed E-state index contributed by atoms with van der Waals surface area (Å²) in [7, 11) is 0. The molecule has 372 valence electrons. The third-order valence-corrected chi connectivity index (χ3v) is 11.1. The molecule has 4 amide bonds. The Morgan fingerprint density at radius 1 is 0.563 bits per heavy atom. The topological polar surface area (TPSA) is 218 Å². The minimum atomic E-state index is -1.64. The van der Waals surface area contributed by atoms with E-state index >= 15 is 0 Å². The van der Waals surface area contributed by atoms with Crippen molar-refractivity contribution in [1.29, 1.82) is 0 Å². The summed E-state index contributed by atoms with van der Waals surface area (Å²) in [6.07, 6.45) is 1.23. The number of nitrogens with zero attached hydrogens (tertiary/aromatic N) is 4. The molecule has 0 radical (unpaired) electrons. The normalized spacial score (nSPS) is 12.5. The lowest BCUT2D eigenvalue weighted by Gasteiger charge is -2.17. The number of rotatable bonds is 23. The van der Waals surface area contributed by atoms with Crippen LogP contribution in [0.25, 0.3) is 0 Å². The van der Waals surface area contributed by atoms with Gasteiger partial charge in [-0.15, -0.1) is 34.8 Å². The smallest absolute Gasteiger partial charge is 0.258 e. The van der Waals surface area contributed by atoms with Crippen molar-refractivity contribution in [2.24, 2.45) is 20.5 Å². The van der Waals surface area contributed by atoms with Crippen molar-refractivity contribution in [3.05, 3.63) is 129 Å². The van der Waals surface area contributed by atoms with E-state index in [4.69, 9.17) is 67.5 Å². The average molecular weight is 1070 g/mol. The molecule has 0 spiro atoms. The van der Waals surface area contributed by atoms with Gasteiger partial charge in [-0.1, -0.05) is 35.3 Å². The van der Waals surface area contributed by atoms with Crippen molar-refractivity contribution in [3.8, 4) is 11.5 Å². The molecule has 0 aromatic heterocycles. The van der Waals surface area contributed by atoms with Crippen LogP contribution in [0.2, 0.25) is 10.0 Å². The Labute approximate surface area is 435 Å². The van der Waals surface area contributed by atoms with Gasteiger partial charge in [0.25, 0.3) is 23.6 Å². The van der Waals surface area contributed by atoms with Gasteiger partial charge in [-0.3, -0.25) is 28.8 Å². The summed E-state index contributed by atoms with van der Waals surface area (Å²) in [5.41, 5.74) is 3.80. The van der Waals surface area contributed by atoms with E-state index in [1.165, 1.54) is 54.6 Å². The van der Waals surface area contributed by atoms with Crippen molar-refractivity contribution >= 4 is 127 Å². The molecule has 0 aliphatic heterocycles. The Morgan fingerprint density at radius 2 is 1.00 bits per heavy atom. The molecule has 3 unspecified atom stereocenters. The number of azo groups is 2. The third-order valence-electron chi connectivity index (χ3n) is 10.1. The van der Waals surface area contributed by atoms with E-state index in [0.717, 1.165) is 25.0 Å². The van der Waals surface area contributed by atoms with E-state index in [1.807, 2.05) is 26.0 Å². The van der Waals surface area contributed by atoms with E-state index in [-0.39, 0.29) is 43.9 Å². The summed E-state index contributed by atoms with van der Waals surface area (Å²) in [6, 6.07) is 20.2. The van der Waals surface area contributed by atoms with Gasteiger partial charge in [0.2, 0.25) is 12.1 Å². The lowest BCUT2D eigenvalue weighted by atomic mass is 10.1. The minimum absolute atomic E-state index is 0.0839. The van der Waals surface area contributed by atoms with Gasteiger partial charge in [0.1, 0.15) is 11.5 Å². The molecule has 0 heterocycles. The molecule has 0 aliphatic carbocycles. The van der Waals surface area contributed by atoms with E-state index in [0.29, 0.717) is 66.3 Å². The molecule has 5 aromatic carbocycles. The molecule has 0 aliphatic rings. The first kappa shape index (κ1) is 55.5. The van der Waals surface area contributed by atoms with Crippen LogP contribution < -0.4 is 30.7 Å². The Morgan fingerprint density at radius 3 is 1.41 bits per heavy atom. The number of halogens is 5. The molecule has 4 N–H and O–H groups in total. The number of nitrogens with one attached hydrogen (secondary N) is 4. The maximum absolute atomic E-state index is 13.6. The SMILES string of the molecule is CCOc1cc(CCCl)ccc1NC(=O)c1cc(Cl)cc(N=NC(C(C)=O)C(=O)Nc2ccc(NC(=O)C(N=Nc3cc(Cl)cc(C(=O)Nc4ccc(CCCl)cc4OCC)c3)C(C)=O)c(C(C)Cl)c2)c1. The Balaban J connectivity index is 1.28. The van der Waals surface area contributed by atoms with Gasteiger partial charge < -0.3 is 30.7 Å². The number of ether oxygens (including phenoxy) is 2. The zero-order chi connectivity index (χ0) is 51.8. The molecular weight excluding hydrogens is 1020 g/mol. The van der Waals surface area contributed by atoms with Crippen molar-refractivity contribution in [3.63, 3.8) is 0 Å². The number of hydrogen-bond donors (Lipinski definition) is 4. The van der Waals surface area contributed by atoms with Gasteiger partial charge >= 0.3 is 0 Å². The van der Waals surface area contributed by atoms with E-state index < -0.39 is 52.7 Å². The molecule has 5 rings (SSSR count). The van der Waals surface area contributed by atoms with Crippen LogP contribution in [-0.4, -0.2) is 72.3 Å². The zero-order valence-electron chi connectivity index (χ0n) is 39.1. The van der Waals surface area contributed by atoms with Crippen molar-refractivity contribution in [2.45, 2.75) is 64.9 Å². The highest BCUT2D eigenvalue weighted by Gasteiger charge is 2.27. The zero-order valence-corrected chi connectivity index (χ0v) is 42.9. The fourth-order valence-corrected chi connectivity index (χ4v) is 7.79. The average Bonchev–Trinajstić information content (AvgIpc) is 3.31. The van der Waals surface area contributed by atoms with Gasteiger partial charge in [-0.2, -0.15) is 20.5 Å². The number of benzene rings is 5. The van der Waals surface area contributed by atoms with Crippen LogP contribution in [0, 0.1) is 0 Å². The van der Waals surface area contributed by atoms with Gasteiger partial charge in [0.15, 0.2) is 11.6 Å². The van der Waals surface area contributed by atoms with E-state index in [9.17, 15) is 28.8 Å². The molecule has 0 saturated carbocycles. The molecule has 3 atom stereocenters. The Hall–Kier alpha value is -6.43. The lowest BCUT2D eigenvalue weighted by molar-refractivity contribution is -0.127. The van der Waals surface area contributed by atoms with E-state index in [2.05, 4.69) is 41.7 Å². The first-order chi connectivity index (χ1) is 33.9. The number of anilines is 4. The van der Waals surface area contributed by atoms with Crippen LogP contribution in [-0.2, 0) is 32.0 Å². The first-order valence-corrected chi connectivity index (χ1v) is 24.3. The van der Waals surface area contributed by atoms with Crippen LogP contribution in [0.4, 0.5) is 34.1 Å². The number of ketones is 2. The van der Waals surface area contributed by atoms with Crippen molar-refractivity contribution in [2.75, 3.05) is 46.2 Å². The largest absolute Gasteiger partial charge is 0.492 e. The number of hydrogen-bond acceptors (Lipinski definition) is 12. The minimum Gasteiger partial charge on any atom is -0.492 e. The van der Waals surface area contributed by atoms with Gasteiger partial charge in [0.05, 0.1) is 41.3 Å². The summed E-state index contributed by atoms with van der Waals surface area (Å²) >= 11 is 31.0. The lowest BCUT2D eigenvalue weighted by Crippen LogP contribution is -2.32. The number of Topliss-reactive ketones (excluding diaryl/α,β-unsaturated/α-hetero) is 2. The highest BCUT2D eigenvalue weighted by atomic mass is 35.5. The molecule has 21 heteroatoms. The number of carbonyl (C=O) groups is 6. The van der Waals surface area contributed by atoms with Crippen LogP contribution in [0.5, 0.6) is 11.5 Å². The summed E-state index contributed by atoms with van der Waals surface area (Å²) in [5.74, 6) is -2.32. The second-order valence-electron chi connectivity index (χ2n) is 15.6. The third kappa shape index (κ3) is 16.0.